The molecule has 334 valence electrons. The lowest BCUT2D eigenvalue weighted by molar-refractivity contribution is 1.61. The third-order valence-corrected chi connectivity index (χ3v) is 15.0. The molecule has 0 heterocycles. The molecule has 0 aromatic heterocycles. The molecule has 0 spiro atoms. The summed E-state index contributed by atoms with van der Waals surface area (Å²) < 4.78 is 0. The largest absolute Gasteiger partial charge is 0.0622 e. The van der Waals surface area contributed by atoms with Crippen LogP contribution in [0.5, 0.6) is 0 Å². The standard InChI is InChI=1S/C72H46/c1-5-19-49(20-6-1)69-65-43-57(55-31-29-47-17-13-15-27-53(47)41-55)33-37-61(65)63-39-35-59(45-67(63)71(69)51-23-9-3-10-24-51)60-36-40-64-62-38-34-58(56-32-30-48-18-14-16-28-54(48)42-56)44-66(62)70(50-21-7-2-8-22-50)72(68(64)46-60)52-25-11-4-12-26-52/h1-46H. The van der Waals surface area contributed by atoms with Crippen molar-refractivity contribution in [3.8, 4) is 77.9 Å². The number of rotatable bonds is 7. The summed E-state index contributed by atoms with van der Waals surface area (Å²) in [6.45, 7) is 0. The summed E-state index contributed by atoms with van der Waals surface area (Å²) in [7, 11) is 0. The summed E-state index contributed by atoms with van der Waals surface area (Å²) >= 11 is 0. The first-order valence-electron chi connectivity index (χ1n) is 25.0. The fraction of sp³-hybridized carbons (Fsp3) is 0. The van der Waals surface area contributed by atoms with Gasteiger partial charge in [0.2, 0.25) is 0 Å². The maximum Gasteiger partial charge on any atom is -0.00201 e. The molecule has 0 bridgehead atoms. The highest BCUT2D eigenvalue weighted by Crippen LogP contribution is 2.49. The van der Waals surface area contributed by atoms with Crippen molar-refractivity contribution >= 4 is 64.6 Å². The van der Waals surface area contributed by atoms with Crippen molar-refractivity contribution < 1.29 is 0 Å². The number of benzene rings is 14. The zero-order valence-corrected chi connectivity index (χ0v) is 39.6. The van der Waals surface area contributed by atoms with Gasteiger partial charge in [0, 0.05) is 0 Å². The van der Waals surface area contributed by atoms with Crippen molar-refractivity contribution in [1.29, 1.82) is 0 Å². The van der Waals surface area contributed by atoms with E-state index in [0.717, 1.165) is 0 Å². The van der Waals surface area contributed by atoms with Crippen molar-refractivity contribution in [3.05, 3.63) is 279 Å². The Hall–Kier alpha value is -9.36. The van der Waals surface area contributed by atoms with Crippen molar-refractivity contribution in [2.45, 2.75) is 0 Å². The topological polar surface area (TPSA) is 0 Å². The molecule has 72 heavy (non-hydrogen) atoms. The van der Waals surface area contributed by atoms with Gasteiger partial charge in [0.1, 0.15) is 0 Å². The highest BCUT2D eigenvalue weighted by molar-refractivity contribution is 6.25. The van der Waals surface area contributed by atoms with Crippen LogP contribution in [-0.4, -0.2) is 0 Å². The Morgan fingerprint density at radius 2 is 0.347 bits per heavy atom. The monoisotopic (exact) mass is 910 g/mol. The zero-order valence-electron chi connectivity index (χ0n) is 39.6. The minimum atomic E-state index is 1.18. The molecule has 0 N–H and O–H groups in total. The normalized spacial score (nSPS) is 11.6. The van der Waals surface area contributed by atoms with E-state index in [4.69, 9.17) is 0 Å². The van der Waals surface area contributed by atoms with Crippen LogP contribution in [0.2, 0.25) is 0 Å². The van der Waals surface area contributed by atoms with Crippen LogP contribution in [-0.2, 0) is 0 Å². The molecule has 0 nitrogen and oxygen atoms in total. The molecule has 0 heteroatoms. The van der Waals surface area contributed by atoms with E-state index in [2.05, 4.69) is 279 Å². The van der Waals surface area contributed by atoms with E-state index in [1.807, 2.05) is 0 Å². The first kappa shape index (κ1) is 41.6. The first-order chi connectivity index (χ1) is 35.7. The Morgan fingerprint density at radius 1 is 0.125 bits per heavy atom. The van der Waals surface area contributed by atoms with Crippen molar-refractivity contribution in [1.82, 2.24) is 0 Å². The fourth-order valence-corrected chi connectivity index (χ4v) is 11.6. The van der Waals surface area contributed by atoms with E-state index < -0.39 is 0 Å². The number of hydrogen-bond donors (Lipinski definition) is 0. The van der Waals surface area contributed by atoms with Gasteiger partial charge in [-0.2, -0.15) is 0 Å². The molecule has 0 radical (unpaired) electrons. The van der Waals surface area contributed by atoms with Gasteiger partial charge in [0.15, 0.2) is 0 Å². The van der Waals surface area contributed by atoms with Crippen molar-refractivity contribution in [2.24, 2.45) is 0 Å². The maximum absolute atomic E-state index is 2.46. The SMILES string of the molecule is c1ccc(-c2c(-c3ccccc3)c3cc(-c4ccc5c(c4)c(-c4ccccc4)c(-c4ccccc4)c4cc(-c6ccc7ccccc7c6)ccc45)ccc3c3ccc(-c4ccc5ccccc5c4)cc23)cc1. The van der Waals surface area contributed by atoms with Crippen LogP contribution >= 0.6 is 0 Å². The summed E-state index contributed by atoms with van der Waals surface area (Å²) in [5.41, 5.74) is 17.0. The Morgan fingerprint density at radius 3 is 0.625 bits per heavy atom. The van der Waals surface area contributed by atoms with Gasteiger partial charge in [-0.15, -0.1) is 0 Å². The summed E-state index contributed by atoms with van der Waals surface area (Å²) in [4.78, 5) is 0. The molecular formula is C72H46. The summed E-state index contributed by atoms with van der Waals surface area (Å²) in [5.74, 6) is 0. The Bertz CT molecular complexity index is 4110. The molecule has 14 rings (SSSR count). The molecule has 0 saturated heterocycles. The fourth-order valence-electron chi connectivity index (χ4n) is 11.6. The highest BCUT2D eigenvalue weighted by Gasteiger charge is 2.22. The van der Waals surface area contributed by atoms with E-state index in [9.17, 15) is 0 Å². The van der Waals surface area contributed by atoms with Crippen LogP contribution < -0.4 is 0 Å². The van der Waals surface area contributed by atoms with Crippen LogP contribution in [0, 0.1) is 0 Å². The zero-order chi connectivity index (χ0) is 47.5. The van der Waals surface area contributed by atoms with Crippen LogP contribution in [0.15, 0.2) is 279 Å². The average molecular weight is 911 g/mol. The van der Waals surface area contributed by atoms with E-state index in [1.54, 1.807) is 0 Å². The molecule has 0 fully saturated rings. The van der Waals surface area contributed by atoms with E-state index in [1.165, 1.54) is 143 Å². The third kappa shape index (κ3) is 7.07. The molecule has 14 aromatic rings. The average Bonchev–Trinajstić information content (AvgIpc) is 3.46. The molecule has 0 saturated carbocycles. The minimum absolute atomic E-state index is 1.18. The molecular weight excluding hydrogens is 865 g/mol. The van der Waals surface area contributed by atoms with Crippen LogP contribution in [0.4, 0.5) is 0 Å². The van der Waals surface area contributed by atoms with Gasteiger partial charge in [-0.25, -0.2) is 0 Å². The molecule has 0 aliphatic rings. The first-order valence-corrected chi connectivity index (χ1v) is 25.0. The van der Waals surface area contributed by atoms with Crippen LogP contribution in [0.25, 0.3) is 143 Å². The molecule has 0 aliphatic carbocycles. The van der Waals surface area contributed by atoms with Gasteiger partial charge in [0.25, 0.3) is 0 Å². The summed E-state index contributed by atoms with van der Waals surface area (Å²) in [6, 6.07) is 103. The quantitative estimate of drug-likeness (QED) is 0.140. The van der Waals surface area contributed by atoms with Crippen LogP contribution in [0.1, 0.15) is 0 Å². The van der Waals surface area contributed by atoms with Gasteiger partial charge >= 0.3 is 0 Å². The third-order valence-electron chi connectivity index (χ3n) is 15.0. The highest BCUT2D eigenvalue weighted by atomic mass is 14.2. The predicted octanol–water partition coefficient (Wildman–Crippen LogP) is 20.3. The lowest BCUT2D eigenvalue weighted by Crippen LogP contribution is -1.94. The Labute approximate surface area is 419 Å². The molecule has 0 aliphatic heterocycles. The molecule has 14 aromatic carbocycles. The number of hydrogen-bond acceptors (Lipinski definition) is 0. The van der Waals surface area contributed by atoms with Gasteiger partial charge in [-0.05, 0) is 179 Å². The number of fused-ring (bicyclic) bond motifs is 8. The van der Waals surface area contributed by atoms with Gasteiger partial charge in [-0.3, -0.25) is 0 Å². The second kappa shape index (κ2) is 17.2. The van der Waals surface area contributed by atoms with E-state index in [-0.39, 0.29) is 0 Å². The Kier molecular flexibility index (Phi) is 9.96. The van der Waals surface area contributed by atoms with Gasteiger partial charge < -0.3 is 0 Å². The Balaban J connectivity index is 1.02. The minimum Gasteiger partial charge on any atom is -0.0622 e. The lowest BCUT2D eigenvalue weighted by atomic mass is 9.82. The van der Waals surface area contributed by atoms with Gasteiger partial charge in [0.05, 0.1) is 0 Å². The second-order valence-electron chi connectivity index (χ2n) is 19.1. The van der Waals surface area contributed by atoms with Crippen LogP contribution in [0.3, 0.4) is 0 Å². The maximum atomic E-state index is 2.46. The summed E-state index contributed by atoms with van der Waals surface area (Å²) in [5, 5.41) is 14.9. The molecule has 0 atom stereocenters. The second-order valence-corrected chi connectivity index (χ2v) is 19.1. The summed E-state index contributed by atoms with van der Waals surface area (Å²) in [6.07, 6.45) is 0. The van der Waals surface area contributed by atoms with Gasteiger partial charge in [-0.1, -0.05) is 243 Å². The van der Waals surface area contributed by atoms with Crippen molar-refractivity contribution in [3.63, 3.8) is 0 Å². The molecule has 0 unspecified atom stereocenters. The lowest BCUT2D eigenvalue weighted by Gasteiger charge is -2.21. The van der Waals surface area contributed by atoms with E-state index >= 15 is 0 Å². The smallest absolute Gasteiger partial charge is 0.00201 e. The van der Waals surface area contributed by atoms with Crippen molar-refractivity contribution in [2.75, 3.05) is 0 Å². The molecule has 0 amide bonds. The predicted molar refractivity (Wildman–Crippen MR) is 310 cm³/mol. The van der Waals surface area contributed by atoms with E-state index in [0.29, 0.717) is 0 Å².